The van der Waals surface area contributed by atoms with E-state index in [1.807, 2.05) is 24.3 Å². The molecule has 1 N–H and O–H groups in total. The first-order valence-corrected chi connectivity index (χ1v) is 9.62. The molecule has 0 saturated carbocycles. The minimum atomic E-state index is -4.67. The van der Waals surface area contributed by atoms with Crippen LogP contribution in [0.15, 0.2) is 48.8 Å². The minimum Gasteiger partial charge on any atom is -0.334 e. The van der Waals surface area contributed by atoms with Crippen LogP contribution in [0.4, 0.5) is 41.9 Å². The Morgan fingerprint density at radius 3 is 2.68 bits per heavy atom. The third kappa shape index (κ3) is 4.11. The van der Waals surface area contributed by atoms with Gasteiger partial charge in [-0.25, -0.2) is 9.97 Å². The number of nitrogens with zero attached hydrogens (tertiary/aromatic N) is 4. The first kappa shape index (κ1) is 20.9. The number of para-hydroxylation sites is 1. The van der Waals surface area contributed by atoms with Gasteiger partial charge in [0.05, 0.1) is 15.5 Å². The molecule has 0 fully saturated rings. The Labute approximate surface area is 179 Å². The molecular formula is C20H15ClF3N5O2. The van der Waals surface area contributed by atoms with E-state index in [-0.39, 0.29) is 17.3 Å². The van der Waals surface area contributed by atoms with Gasteiger partial charge >= 0.3 is 11.9 Å². The molecule has 0 spiro atoms. The SMILES string of the molecule is O=[N+]([O-])c1c(Nc2ccc(Cl)c(C(F)(F)F)c2)ncnc1N1CCCc2ccccc21. The number of rotatable bonds is 4. The van der Waals surface area contributed by atoms with Gasteiger partial charge < -0.3 is 10.2 Å². The zero-order valence-corrected chi connectivity index (χ0v) is 16.6. The Morgan fingerprint density at radius 2 is 1.94 bits per heavy atom. The summed E-state index contributed by atoms with van der Waals surface area (Å²) >= 11 is 5.65. The third-order valence-electron chi connectivity index (χ3n) is 4.89. The second-order valence-corrected chi connectivity index (χ2v) is 7.26. The highest BCUT2D eigenvalue weighted by molar-refractivity contribution is 6.31. The van der Waals surface area contributed by atoms with Gasteiger partial charge in [0, 0.05) is 17.9 Å². The second kappa shape index (κ2) is 8.03. The van der Waals surface area contributed by atoms with E-state index in [4.69, 9.17) is 11.6 Å². The van der Waals surface area contributed by atoms with Crippen LogP contribution in [0.2, 0.25) is 5.02 Å². The van der Waals surface area contributed by atoms with Crippen molar-refractivity contribution < 1.29 is 18.1 Å². The van der Waals surface area contributed by atoms with Crippen molar-refractivity contribution in [3.63, 3.8) is 0 Å². The lowest BCUT2D eigenvalue weighted by molar-refractivity contribution is -0.383. The molecule has 4 rings (SSSR count). The van der Waals surface area contributed by atoms with Crippen LogP contribution in [0.3, 0.4) is 0 Å². The number of aryl methyl sites for hydroxylation is 1. The van der Waals surface area contributed by atoms with Crippen LogP contribution in [0.1, 0.15) is 17.5 Å². The molecule has 11 heteroatoms. The Morgan fingerprint density at radius 1 is 1.16 bits per heavy atom. The first-order chi connectivity index (χ1) is 14.8. The lowest BCUT2D eigenvalue weighted by Crippen LogP contribution is -2.26. The number of fused-ring (bicyclic) bond motifs is 1. The smallest absolute Gasteiger partial charge is 0.334 e. The fourth-order valence-electron chi connectivity index (χ4n) is 3.54. The van der Waals surface area contributed by atoms with E-state index in [0.717, 1.165) is 42.6 Å². The van der Waals surface area contributed by atoms with Crippen LogP contribution in [0, 0.1) is 10.1 Å². The molecule has 3 aromatic rings. The van der Waals surface area contributed by atoms with Crippen molar-refractivity contribution in [1.29, 1.82) is 0 Å². The minimum absolute atomic E-state index is 0.0384. The van der Waals surface area contributed by atoms with Gasteiger partial charge in [-0.05, 0) is 42.7 Å². The molecule has 160 valence electrons. The molecule has 0 atom stereocenters. The molecule has 1 aliphatic heterocycles. The fourth-order valence-corrected chi connectivity index (χ4v) is 3.76. The number of aromatic nitrogens is 2. The molecule has 1 aliphatic rings. The van der Waals surface area contributed by atoms with Gasteiger partial charge in [-0.15, -0.1) is 0 Å². The number of nitrogens with one attached hydrogen (secondary N) is 1. The largest absolute Gasteiger partial charge is 0.417 e. The zero-order valence-electron chi connectivity index (χ0n) is 15.9. The molecule has 7 nitrogen and oxygen atoms in total. The molecule has 0 unspecified atom stereocenters. The number of anilines is 4. The van der Waals surface area contributed by atoms with E-state index in [9.17, 15) is 23.3 Å². The van der Waals surface area contributed by atoms with Crippen LogP contribution >= 0.6 is 11.6 Å². The number of hydrogen-bond donors (Lipinski definition) is 1. The number of hydrogen-bond acceptors (Lipinski definition) is 6. The van der Waals surface area contributed by atoms with Crippen LogP contribution in [-0.2, 0) is 12.6 Å². The molecule has 31 heavy (non-hydrogen) atoms. The van der Waals surface area contributed by atoms with Gasteiger partial charge in [0.1, 0.15) is 6.33 Å². The van der Waals surface area contributed by atoms with E-state index < -0.39 is 27.4 Å². The lowest BCUT2D eigenvalue weighted by atomic mass is 10.0. The lowest BCUT2D eigenvalue weighted by Gasteiger charge is -2.30. The number of alkyl halides is 3. The summed E-state index contributed by atoms with van der Waals surface area (Å²) in [6.07, 6.45) is -1.92. The van der Waals surface area contributed by atoms with Crippen molar-refractivity contribution in [1.82, 2.24) is 9.97 Å². The van der Waals surface area contributed by atoms with Crippen molar-refractivity contribution in [2.75, 3.05) is 16.8 Å². The van der Waals surface area contributed by atoms with Gasteiger partial charge in [-0.1, -0.05) is 29.8 Å². The Kier molecular flexibility index (Phi) is 5.40. The van der Waals surface area contributed by atoms with Crippen LogP contribution in [0.25, 0.3) is 0 Å². The monoisotopic (exact) mass is 449 g/mol. The molecule has 0 radical (unpaired) electrons. The standard InChI is InChI=1S/C20H15ClF3N5O2/c21-15-8-7-13(10-14(15)20(22,23)24)27-18-17(29(30)31)19(26-11-25-18)28-9-3-5-12-4-1-2-6-16(12)28/h1-2,4,6-8,10-11H,3,5,9H2,(H,25,26,27). The third-order valence-corrected chi connectivity index (χ3v) is 5.22. The summed E-state index contributed by atoms with van der Waals surface area (Å²) in [5.74, 6) is -0.145. The number of nitro groups is 1. The summed E-state index contributed by atoms with van der Waals surface area (Å²) in [6.45, 7) is 0.507. The average molecular weight is 450 g/mol. The normalized spacial score (nSPS) is 13.6. The molecule has 2 aromatic carbocycles. The van der Waals surface area contributed by atoms with Crippen molar-refractivity contribution in [2.45, 2.75) is 19.0 Å². The summed E-state index contributed by atoms with van der Waals surface area (Å²) in [5, 5.41) is 14.1. The van der Waals surface area contributed by atoms with Crippen LogP contribution in [-0.4, -0.2) is 21.4 Å². The molecule has 0 aliphatic carbocycles. The summed E-state index contributed by atoms with van der Waals surface area (Å²) < 4.78 is 39.5. The highest BCUT2D eigenvalue weighted by Gasteiger charge is 2.34. The van der Waals surface area contributed by atoms with Gasteiger partial charge in [0.2, 0.25) is 11.6 Å². The van der Waals surface area contributed by atoms with Crippen LogP contribution in [0.5, 0.6) is 0 Å². The van der Waals surface area contributed by atoms with Crippen molar-refractivity contribution in [3.05, 3.63) is 75.1 Å². The molecule has 1 aromatic heterocycles. The van der Waals surface area contributed by atoms with Gasteiger partial charge in [0.15, 0.2) is 0 Å². The summed E-state index contributed by atoms with van der Waals surface area (Å²) in [4.78, 5) is 21.1. The molecular weight excluding hydrogens is 435 g/mol. The Hall–Kier alpha value is -3.40. The van der Waals surface area contributed by atoms with E-state index in [1.54, 1.807) is 4.90 Å². The highest BCUT2D eigenvalue weighted by atomic mass is 35.5. The second-order valence-electron chi connectivity index (χ2n) is 6.85. The van der Waals surface area contributed by atoms with Crippen molar-refractivity contribution >= 4 is 40.3 Å². The van der Waals surface area contributed by atoms with E-state index in [2.05, 4.69) is 15.3 Å². The van der Waals surface area contributed by atoms with E-state index >= 15 is 0 Å². The van der Waals surface area contributed by atoms with Crippen LogP contribution < -0.4 is 10.2 Å². The average Bonchev–Trinajstić information content (AvgIpc) is 2.73. The van der Waals surface area contributed by atoms with Gasteiger partial charge in [-0.2, -0.15) is 13.2 Å². The highest BCUT2D eigenvalue weighted by Crippen LogP contribution is 2.41. The summed E-state index contributed by atoms with van der Waals surface area (Å²) in [7, 11) is 0. The first-order valence-electron chi connectivity index (χ1n) is 9.24. The van der Waals surface area contributed by atoms with Gasteiger partial charge in [0.25, 0.3) is 0 Å². The maximum absolute atomic E-state index is 13.2. The molecule has 2 heterocycles. The Bertz CT molecular complexity index is 1160. The maximum Gasteiger partial charge on any atom is 0.417 e. The molecule has 0 bridgehead atoms. The topological polar surface area (TPSA) is 84.2 Å². The maximum atomic E-state index is 13.2. The zero-order chi connectivity index (χ0) is 22.2. The fraction of sp³-hybridized carbons (Fsp3) is 0.200. The quantitative estimate of drug-likeness (QED) is 0.395. The van der Waals surface area contributed by atoms with Crippen molar-refractivity contribution in [2.24, 2.45) is 0 Å². The predicted molar refractivity (Wildman–Crippen MR) is 110 cm³/mol. The summed E-state index contributed by atoms with van der Waals surface area (Å²) in [6, 6.07) is 10.7. The molecule has 0 amide bonds. The predicted octanol–water partition coefficient (Wildman–Crippen LogP) is 5.88. The van der Waals surface area contributed by atoms with E-state index in [0.29, 0.717) is 6.54 Å². The van der Waals surface area contributed by atoms with Gasteiger partial charge in [-0.3, -0.25) is 10.1 Å². The van der Waals surface area contributed by atoms with E-state index in [1.165, 1.54) is 6.07 Å². The molecule has 0 saturated heterocycles. The Balaban J connectivity index is 1.78. The number of benzene rings is 2. The summed E-state index contributed by atoms with van der Waals surface area (Å²) in [5.41, 5.74) is 0.309. The number of halogens is 4. The van der Waals surface area contributed by atoms with Crippen molar-refractivity contribution in [3.8, 4) is 0 Å².